The van der Waals surface area contributed by atoms with Crippen molar-refractivity contribution in [2.75, 3.05) is 39.3 Å². The topological polar surface area (TPSA) is 55.8 Å². The molecule has 2 aliphatic heterocycles. The van der Waals surface area contributed by atoms with Crippen molar-refractivity contribution in [2.45, 2.75) is 18.9 Å². The fraction of sp³-hybridized carbons (Fsp3) is 0.588. The molecule has 2 N–H and O–H groups in total. The summed E-state index contributed by atoms with van der Waals surface area (Å²) >= 11 is 0. The third-order valence-electron chi connectivity index (χ3n) is 4.92. The Kier molecular flexibility index (Phi) is 5.13. The zero-order valence-electron chi connectivity index (χ0n) is 13.2. The number of hydrogen-bond donors (Lipinski definition) is 2. The zero-order chi connectivity index (χ0) is 16.2. The Bertz CT molecular complexity index is 529. The van der Waals surface area contributed by atoms with Gasteiger partial charge in [0.2, 0.25) is 0 Å². The van der Waals surface area contributed by atoms with Crippen LogP contribution in [0.15, 0.2) is 24.3 Å². The van der Waals surface area contributed by atoms with E-state index in [2.05, 4.69) is 10.2 Å². The molecule has 1 unspecified atom stereocenters. The molecular weight excluding hydrogens is 297 g/mol. The van der Waals surface area contributed by atoms with Crippen molar-refractivity contribution < 1.29 is 14.3 Å². The van der Waals surface area contributed by atoms with Gasteiger partial charge in [-0.2, -0.15) is 0 Å². The van der Waals surface area contributed by atoms with Crippen LogP contribution in [0, 0.1) is 11.7 Å². The lowest BCUT2D eigenvalue weighted by Crippen LogP contribution is -2.41. The van der Waals surface area contributed by atoms with E-state index in [0.717, 1.165) is 57.7 Å². The average Bonchev–Trinajstić information content (AvgIpc) is 2.99. The molecule has 0 radical (unpaired) electrons. The number of amides is 2. The first-order chi connectivity index (χ1) is 11.1. The SMILES string of the molecule is O=C1NCCN1CCN1CCC(C(O)c2ccc(F)cc2)CC1. The third-order valence-corrected chi connectivity index (χ3v) is 4.92. The minimum Gasteiger partial charge on any atom is -0.388 e. The number of hydrogen-bond acceptors (Lipinski definition) is 3. The summed E-state index contributed by atoms with van der Waals surface area (Å²) in [7, 11) is 0. The maximum Gasteiger partial charge on any atom is 0.317 e. The number of urea groups is 1. The summed E-state index contributed by atoms with van der Waals surface area (Å²) in [5.41, 5.74) is 0.790. The molecule has 126 valence electrons. The highest BCUT2D eigenvalue weighted by Crippen LogP contribution is 2.30. The van der Waals surface area contributed by atoms with Crippen LogP contribution in [0.4, 0.5) is 9.18 Å². The second kappa shape index (κ2) is 7.27. The number of rotatable bonds is 5. The highest BCUT2D eigenvalue weighted by atomic mass is 19.1. The van der Waals surface area contributed by atoms with Crippen molar-refractivity contribution >= 4 is 6.03 Å². The summed E-state index contributed by atoms with van der Waals surface area (Å²) in [4.78, 5) is 15.7. The van der Waals surface area contributed by atoms with Gasteiger partial charge in [-0.1, -0.05) is 12.1 Å². The zero-order valence-corrected chi connectivity index (χ0v) is 13.2. The van der Waals surface area contributed by atoms with E-state index in [0.29, 0.717) is 0 Å². The van der Waals surface area contributed by atoms with E-state index in [1.807, 2.05) is 4.90 Å². The second-order valence-corrected chi connectivity index (χ2v) is 6.39. The fourth-order valence-electron chi connectivity index (χ4n) is 3.41. The lowest BCUT2D eigenvalue weighted by atomic mass is 9.87. The smallest absolute Gasteiger partial charge is 0.317 e. The van der Waals surface area contributed by atoms with Gasteiger partial charge in [-0.25, -0.2) is 9.18 Å². The van der Waals surface area contributed by atoms with Gasteiger partial charge in [0, 0.05) is 26.2 Å². The Balaban J connectivity index is 1.44. The number of carbonyl (C=O) groups excluding carboxylic acids is 1. The largest absolute Gasteiger partial charge is 0.388 e. The quantitative estimate of drug-likeness (QED) is 0.866. The normalized spacial score (nSPS) is 21.5. The van der Waals surface area contributed by atoms with Gasteiger partial charge in [-0.3, -0.25) is 0 Å². The molecule has 0 saturated carbocycles. The number of piperidine rings is 1. The van der Waals surface area contributed by atoms with Crippen molar-refractivity contribution in [3.63, 3.8) is 0 Å². The van der Waals surface area contributed by atoms with Gasteiger partial charge in [0.05, 0.1) is 6.10 Å². The molecule has 2 amide bonds. The van der Waals surface area contributed by atoms with Crippen LogP contribution >= 0.6 is 0 Å². The van der Waals surface area contributed by atoms with E-state index < -0.39 is 6.10 Å². The van der Waals surface area contributed by atoms with Crippen LogP contribution in [0.2, 0.25) is 0 Å². The molecular formula is C17H24FN3O2. The summed E-state index contributed by atoms with van der Waals surface area (Å²) in [5.74, 6) is -0.0616. The molecule has 3 rings (SSSR count). The Morgan fingerprint density at radius 3 is 2.48 bits per heavy atom. The fourth-order valence-corrected chi connectivity index (χ4v) is 3.41. The van der Waals surface area contributed by atoms with Gasteiger partial charge in [0.1, 0.15) is 5.82 Å². The second-order valence-electron chi connectivity index (χ2n) is 6.39. The highest BCUT2D eigenvalue weighted by molar-refractivity contribution is 5.76. The Hall–Kier alpha value is -1.66. The van der Waals surface area contributed by atoms with Gasteiger partial charge in [-0.15, -0.1) is 0 Å². The van der Waals surface area contributed by atoms with Crippen LogP contribution in [-0.2, 0) is 0 Å². The summed E-state index contributed by atoms with van der Waals surface area (Å²) < 4.78 is 13.0. The maximum absolute atomic E-state index is 13.0. The Labute approximate surface area is 136 Å². The first-order valence-corrected chi connectivity index (χ1v) is 8.32. The van der Waals surface area contributed by atoms with Crippen LogP contribution in [-0.4, -0.2) is 60.2 Å². The molecule has 0 spiro atoms. The van der Waals surface area contributed by atoms with E-state index in [1.165, 1.54) is 12.1 Å². The molecule has 5 nitrogen and oxygen atoms in total. The predicted molar refractivity (Wildman–Crippen MR) is 85.5 cm³/mol. The summed E-state index contributed by atoms with van der Waals surface area (Å²) in [5, 5.41) is 13.3. The Morgan fingerprint density at radius 1 is 1.17 bits per heavy atom. The lowest BCUT2D eigenvalue weighted by molar-refractivity contribution is 0.0573. The van der Waals surface area contributed by atoms with Crippen molar-refractivity contribution in [3.8, 4) is 0 Å². The number of aliphatic hydroxyl groups is 1. The van der Waals surface area contributed by atoms with Gasteiger partial charge < -0.3 is 20.2 Å². The lowest BCUT2D eigenvalue weighted by Gasteiger charge is -2.35. The molecule has 1 aromatic rings. The summed E-state index contributed by atoms with van der Waals surface area (Å²) in [6, 6.07) is 6.16. The monoisotopic (exact) mass is 321 g/mol. The van der Waals surface area contributed by atoms with E-state index in [9.17, 15) is 14.3 Å². The molecule has 0 aromatic heterocycles. The van der Waals surface area contributed by atoms with Crippen LogP contribution in [0.3, 0.4) is 0 Å². The van der Waals surface area contributed by atoms with Crippen molar-refractivity contribution in [3.05, 3.63) is 35.6 Å². The third kappa shape index (κ3) is 4.00. The number of likely N-dealkylation sites (tertiary alicyclic amines) is 1. The minimum absolute atomic E-state index is 0.0339. The molecule has 23 heavy (non-hydrogen) atoms. The Morgan fingerprint density at radius 2 is 1.87 bits per heavy atom. The van der Waals surface area contributed by atoms with Crippen LogP contribution in [0.1, 0.15) is 24.5 Å². The molecule has 6 heteroatoms. The highest BCUT2D eigenvalue weighted by Gasteiger charge is 2.27. The molecule has 1 aromatic carbocycles. The summed E-state index contributed by atoms with van der Waals surface area (Å²) in [6.07, 6.45) is 1.32. The number of carbonyl (C=O) groups is 1. The molecule has 2 fully saturated rings. The average molecular weight is 321 g/mol. The first-order valence-electron chi connectivity index (χ1n) is 8.32. The maximum atomic E-state index is 13.0. The molecule has 2 heterocycles. The van der Waals surface area contributed by atoms with Crippen LogP contribution in [0.25, 0.3) is 0 Å². The van der Waals surface area contributed by atoms with E-state index >= 15 is 0 Å². The molecule has 0 bridgehead atoms. The number of benzene rings is 1. The number of nitrogens with one attached hydrogen (secondary N) is 1. The molecule has 2 aliphatic rings. The summed E-state index contributed by atoms with van der Waals surface area (Å²) in [6.45, 7) is 5.03. The molecule has 2 saturated heterocycles. The van der Waals surface area contributed by atoms with Gasteiger partial charge in [-0.05, 0) is 49.5 Å². The molecule has 0 aliphatic carbocycles. The van der Waals surface area contributed by atoms with Crippen LogP contribution < -0.4 is 5.32 Å². The van der Waals surface area contributed by atoms with E-state index in [4.69, 9.17) is 0 Å². The van der Waals surface area contributed by atoms with Gasteiger partial charge in [0.25, 0.3) is 0 Å². The first kappa shape index (κ1) is 16.2. The standard InChI is InChI=1S/C17H24FN3O2/c18-15-3-1-13(2-4-15)16(22)14-5-8-20(9-6-14)11-12-21-10-7-19-17(21)23/h1-4,14,16,22H,5-12H2,(H,19,23). The van der Waals surface area contributed by atoms with Crippen molar-refractivity contribution in [1.29, 1.82) is 0 Å². The number of halogens is 1. The molecule has 1 atom stereocenters. The number of nitrogens with zero attached hydrogens (tertiary/aromatic N) is 2. The number of aliphatic hydroxyl groups excluding tert-OH is 1. The van der Waals surface area contributed by atoms with E-state index in [1.54, 1.807) is 12.1 Å². The van der Waals surface area contributed by atoms with Gasteiger partial charge >= 0.3 is 6.03 Å². The van der Waals surface area contributed by atoms with Gasteiger partial charge in [0.15, 0.2) is 0 Å². The minimum atomic E-state index is -0.526. The van der Waals surface area contributed by atoms with E-state index in [-0.39, 0.29) is 17.8 Å². The van der Waals surface area contributed by atoms with Crippen molar-refractivity contribution in [2.24, 2.45) is 5.92 Å². The van der Waals surface area contributed by atoms with Crippen LogP contribution in [0.5, 0.6) is 0 Å². The predicted octanol–water partition coefficient (Wildman–Crippen LogP) is 1.60. The van der Waals surface area contributed by atoms with Crippen molar-refractivity contribution in [1.82, 2.24) is 15.1 Å².